The standard InChI is InChI=1S/C12H17BrN2O2/c1-8(12(14)16)15(2)7-9-6-10(13)4-5-11(9)17-3/h4-6,8H,7H2,1-3H3,(H2,14,16)/t8-/m0/s1. The number of likely N-dealkylation sites (N-methyl/N-ethyl adjacent to an activating group) is 1. The first-order chi connectivity index (χ1) is 7.95. The summed E-state index contributed by atoms with van der Waals surface area (Å²) in [4.78, 5) is 13.0. The van der Waals surface area contributed by atoms with Gasteiger partial charge in [0, 0.05) is 16.6 Å². The minimum Gasteiger partial charge on any atom is -0.496 e. The molecule has 0 spiro atoms. The summed E-state index contributed by atoms with van der Waals surface area (Å²) in [5.74, 6) is 0.471. The van der Waals surface area contributed by atoms with E-state index in [0.717, 1.165) is 15.8 Å². The van der Waals surface area contributed by atoms with Crippen LogP contribution in [0.1, 0.15) is 12.5 Å². The van der Waals surface area contributed by atoms with Crippen LogP contribution in [-0.2, 0) is 11.3 Å². The van der Waals surface area contributed by atoms with Crippen molar-refractivity contribution in [2.24, 2.45) is 5.73 Å². The van der Waals surface area contributed by atoms with Crippen LogP contribution in [0, 0.1) is 0 Å². The highest BCUT2D eigenvalue weighted by atomic mass is 79.9. The van der Waals surface area contributed by atoms with Gasteiger partial charge in [-0.15, -0.1) is 0 Å². The molecule has 0 radical (unpaired) electrons. The normalized spacial score (nSPS) is 12.5. The van der Waals surface area contributed by atoms with E-state index in [2.05, 4.69) is 15.9 Å². The average Bonchev–Trinajstić information content (AvgIpc) is 2.28. The molecule has 0 aliphatic heterocycles. The summed E-state index contributed by atoms with van der Waals surface area (Å²) >= 11 is 3.42. The second kappa shape index (κ2) is 6.02. The maximum absolute atomic E-state index is 11.1. The predicted octanol–water partition coefficient (Wildman–Crippen LogP) is 1.76. The fraction of sp³-hybridized carbons (Fsp3) is 0.417. The Bertz CT molecular complexity index is 409. The van der Waals surface area contributed by atoms with Gasteiger partial charge in [-0.25, -0.2) is 0 Å². The largest absolute Gasteiger partial charge is 0.496 e. The van der Waals surface area contributed by atoms with Crippen LogP contribution in [0.3, 0.4) is 0 Å². The molecule has 0 heterocycles. The number of primary amides is 1. The second-order valence-corrected chi connectivity index (χ2v) is 4.87. The Morgan fingerprint density at radius 3 is 2.76 bits per heavy atom. The Hall–Kier alpha value is -1.07. The molecule has 1 rings (SSSR count). The third-order valence-electron chi connectivity index (χ3n) is 2.74. The van der Waals surface area contributed by atoms with Crippen molar-refractivity contribution in [3.63, 3.8) is 0 Å². The molecule has 2 N–H and O–H groups in total. The maximum Gasteiger partial charge on any atom is 0.234 e. The third kappa shape index (κ3) is 3.71. The first kappa shape index (κ1) is 14.0. The molecular weight excluding hydrogens is 284 g/mol. The van der Waals surface area contributed by atoms with Gasteiger partial charge in [0.1, 0.15) is 5.75 Å². The van der Waals surface area contributed by atoms with Gasteiger partial charge in [-0.05, 0) is 32.2 Å². The van der Waals surface area contributed by atoms with Gasteiger partial charge in [-0.1, -0.05) is 15.9 Å². The van der Waals surface area contributed by atoms with Crippen LogP contribution in [0.2, 0.25) is 0 Å². The molecule has 1 aromatic carbocycles. The van der Waals surface area contributed by atoms with Crippen LogP contribution >= 0.6 is 15.9 Å². The summed E-state index contributed by atoms with van der Waals surface area (Å²) < 4.78 is 6.26. The topological polar surface area (TPSA) is 55.6 Å². The highest BCUT2D eigenvalue weighted by Gasteiger charge is 2.16. The lowest BCUT2D eigenvalue weighted by Gasteiger charge is -2.23. The summed E-state index contributed by atoms with van der Waals surface area (Å²) in [5.41, 5.74) is 6.28. The van der Waals surface area contributed by atoms with Gasteiger partial charge >= 0.3 is 0 Å². The average molecular weight is 301 g/mol. The number of nitrogens with zero attached hydrogens (tertiary/aromatic N) is 1. The van der Waals surface area contributed by atoms with Gasteiger partial charge in [0.05, 0.1) is 13.2 Å². The van der Waals surface area contributed by atoms with E-state index in [1.54, 1.807) is 14.0 Å². The zero-order valence-electron chi connectivity index (χ0n) is 10.2. The van der Waals surface area contributed by atoms with E-state index in [9.17, 15) is 4.79 Å². The number of hydrogen-bond acceptors (Lipinski definition) is 3. The highest BCUT2D eigenvalue weighted by Crippen LogP contribution is 2.24. The molecule has 1 atom stereocenters. The Morgan fingerprint density at radius 2 is 2.24 bits per heavy atom. The number of amides is 1. The van der Waals surface area contributed by atoms with Crippen LogP contribution in [0.25, 0.3) is 0 Å². The van der Waals surface area contributed by atoms with Crippen molar-refractivity contribution in [2.45, 2.75) is 19.5 Å². The maximum atomic E-state index is 11.1. The van der Waals surface area contributed by atoms with Crippen LogP contribution in [0.4, 0.5) is 0 Å². The van der Waals surface area contributed by atoms with Crippen molar-refractivity contribution in [3.8, 4) is 5.75 Å². The fourth-order valence-corrected chi connectivity index (χ4v) is 1.90. The number of rotatable bonds is 5. The number of halogens is 1. The molecule has 0 bridgehead atoms. The molecule has 0 fully saturated rings. The van der Waals surface area contributed by atoms with E-state index in [-0.39, 0.29) is 11.9 Å². The first-order valence-electron chi connectivity index (χ1n) is 5.27. The highest BCUT2D eigenvalue weighted by molar-refractivity contribution is 9.10. The summed E-state index contributed by atoms with van der Waals surface area (Å²) in [6.07, 6.45) is 0. The van der Waals surface area contributed by atoms with E-state index < -0.39 is 0 Å². The van der Waals surface area contributed by atoms with Gasteiger partial charge in [0.2, 0.25) is 5.91 Å². The quantitative estimate of drug-likeness (QED) is 0.901. The number of ether oxygens (including phenoxy) is 1. The number of carbonyl (C=O) groups is 1. The van der Waals surface area contributed by atoms with Crippen molar-refractivity contribution in [1.82, 2.24) is 4.90 Å². The van der Waals surface area contributed by atoms with Gasteiger partial charge in [0.25, 0.3) is 0 Å². The van der Waals surface area contributed by atoms with Crippen LogP contribution < -0.4 is 10.5 Å². The number of benzene rings is 1. The van der Waals surface area contributed by atoms with E-state index in [0.29, 0.717) is 6.54 Å². The van der Waals surface area contributed by atoms with E-state index in [4.69, 9.17) is 10.5 Å². The third-order valence-corrected chi connectivity index (χ3v) is 3.23. The van der Waals surface area contributed by atoms with E-state index in [1.165, 1.54) is 0 Å². The summed E-state index contributed by atoms with van der Waals surface area (Å²) in [5, 5.41) is 0. The van der Waals surface area contributed by atoms with Crippen molar-refractivity contribution in [1.29, 1.82) is 0 Å². The van der Waals surface area contributed by atoms with Crippen LogP contribution in [-0.4, -0.2) is 31.0 Å². The fourth-order valence-electron chi connectivity index (χ4n) is 1.49. The molecule has 0 aliphatic rings. The summed E-state index contributed by atoms with van der Waals surface area (Å²) in [6, 6.07) is 5.48. The minimum atomic E-state index is -0.332. The minimum absolute atomic E-state index is 0.307. The molecule has 0 saturated carbocycles. The smallest absolute Gasteiger partial charge is 0.234 e. The number of methoxy groups -OCH3 is 1. The van der Waals surface area contributed by atoms with E-state index in [1.807, 2.05) is 30.1 Å². The monoisotopic (exact) mass is 300 g/mol. The van der Waals surface area contributed by atoms with Crippen molar-refractivity contribution in [3.05, 3.63) is 28.2 Å². The van der Waals surface area contributed by atoms with Gasteiger partial charge in [0.15, 0.2) is 0 Å². The molecule has 17 heavy (non-hydrogen) atoms. The number of hydrogen-bond donors (Lipinski definition) is 1. The lowest BCUT2D eigenvalue weighted by Crippen LogP contribution is -2.39. The number of nitrogens with two attached hydrogens (primary N) is 1. The van der Waals surface area contributed by atoms with Crippen LogP contribution in [0.15, 0.2) is 22.7 Å². The van der Waals surface area contributed by atoms with Crippen LogP contribution in [0.5, 0.6) is 5.75 Å². The van der Waals surface area contributed by atoms with E-state index >= 15 is 0 Å². The predicted molar refractivity (Wildman–Crippen MR) is 70.8 cm³/mol. The molecule has 94 valence electrons. The van der Waals surface area contributed by atoms with Gasteiger partial charge in [-0.2, -0.15) is 0 Å². The van der Waals surface area contributed by atoms with Gasteiger partial charge in [-0.3, -0.25) is 9.69 Å². The molecule has 1 amide bonds. The lowest BCUT2D eigenvalue weighted by atomic mass is 10.1. The molecule has 0 aliphatic carbocycles. The van der Waals surface area contributed by atoms with Crippen molar-refractivity contribution < 1.29 is 9.53 Å². The molecule has 0 aromatic heterocycles. The lowest BCUT2D eigenvalue weighted by molar-refractivity contribution is -0.122. The zero-order valence-corrected chi connectivity index (χ0v) is 11.8. The molecular formula is C12H17BrN2O2. The van der Waals surface area contributed by atoms with Crippen molar-refractivity contribution in [2.75, 3.05) is 14.2 Å². The summed E-state index contributed by atoms with van der Waals surface area (Å²) in [7, 11) is 3.49. The Morgan fingerprint density at radius 1 is 1.59 bits per heavy atom. The summed E-state index contributed by atoms with van der Waals surface area (Å²) in [6.45, 7) is 2.39. The zero-order chi connectivity index (χ0) is 13.0. The Balaban J connectivity index is 2.86. The SMILES string of the molecule is COc1ccc(Br)cc1CN(C)[C@@H](C)C(N)=O. The number of carbonyl (C=O) groups excluding carboxylic acids is 1. The first-order valence-corrected chi connectivity index (χ1v) is 6.07. The molecule has 0 saturated heterocycles. The van der Waals surface area contributed by atoms with Crippen molar-refractivity contribution >= 4 is 21.8 Å². The Kier molecular flexibility index (Phi) is 4.96. The molecule has 5 heteroatoms. The van der Waals surface area contributed by atoms with Gasteiger partial charge < -0.3 is 10.5 Å². The molecule has 4 nitrogen and oxygen atoms in total. The molecule has 1 aromatic rings. The molecule has 0 unspecified atom stereocenters. The Labute approximate surface area is 110 Å². The second-order valence-electron chi connectivity index (χ2n) is 3.95.